The first-order valence-corrected chi connectivity index (χ1v) is 8.89. The average molecular weight is 350 g/mol. The Kier molecular flexibility index (Phi) is 4.29. The van der Waals surface area contributed by atoms with Crippen LogP contribution >= 0.6 is 0 Å². The molecule has 0 aliphatic carbocycles. The maximum absolute atomic E-state index is 12.9. The van der Waals surface area contributed by atoms with Crippen molar-refractivity contribution in [2.24, 2.45) is 0 Å². The molecule has 4 rings (SSSR count). The van der Waals surface area contributed by atoms with Crippen LogP contribution in [0.4, 0.5) is 0 Å². The number of fused-ring (bicyclic) bond motifs is 1. The SMILES string of the molecule is COc1ccc(O)cc1C(=O)N1CCC(c2c[nH]c3ccccc23)CC1. The third-order valence-corrected chi connectivity index (χ3v) is 5.26. The largest absolute Gasteiger partial charge is 0.508 e. The van der Waals surface area contributed by atoms with Crippen molar-refractivity contribution in [3.8, 4) is 11.5 Å². The van der Waals surface area contributed by atoms with E-state index in [9.17, 15) is 9.90 Å². The number of aromatic nitrogens is 1. The van der Waals surface area contributed by atoms with Gasteiger partial charge in [-0.15, -0.1) is 0 Å². The highest BCUT2D eigenvalue weighted by Gasteiger charge is 2.27. The van der Waals surface area contributed by atoms with Gasteiger partial charge in [-0.25, -0.2) is 0 Å². The van der Waals surface area contributed by atoms with Crippen LogP contribution in [0.2, 0.25) is 0 Å². The van der Waals surface area contributed by atoms with Crippen LogP contribution in [0.5, 0.6) is 11.5 Å². The number of aromatic amines is 1. The van der Waals surface area contributed by atoms with Crippen molar-refractivity contribution in [2.75, 3.05) is 20.2 Å². The lowest BCUT2D eigenvalue weighted by atomic mass is 9.89. The monoisotopic (exact) mass is 350 g/mol. The van der Waals surface area contributed by atoms with Crippen molar-refractivity contribution in [3.05, 3.63) is 59.8 Å². The molecule has 0 atom stereocenters. The minimum absolute atomic E-state index is 0.0721. The number of hydrogen-bond donors (Lipinski definition) is 2. The summed E-state index contributed by atoms with van der Waals surface area (Å²) in [6, 6.07) is 13.0. The number of carbonyl (C=O) groups is 1. The second kappa shape index (κ2) is 6.75. The van der Waals surface area contributed by atoms with Crippen LogP contribution in [0.15, 0.2) is 48.7 Å². The molecule has 1 aliphatic heterocycles. The quantitative estimate of drug-likeness (QED) is 0.753. The molecule has 0 saturated carbocycles. The normalized spacial score (nSPS) is 15.3. The summed E-state index contributed by atoms with van der Waals surface area (Å²) in [4.78, 5) is 18.1. The molecule has 5 heteroatoms. The Balaban J connectivity index is 1.50. The van der Waals surface area contributed by atoms with Crippen LogP contribution in [0.3, 0.4) is 0 Å². The van der Waals surface area contributed by atoms with Gasteiger partial charge in [-0.2, -0.15) is 0 Å². The zero-order valence-corrected chi connectivity index (χ0v) is 14.7. The highest BCUT2D eigenvalue weighted by atomic mass is 16.5. The molecule has 2 heterocycles. The summed E-state index contributed by atoms with van der Waals surface area (Å²) in [7, 11) is 1.53. The molecule has 0 bridgehead atoms. The van der Waals surface area contributed by atoms with Gasteiger partial charge in [0.1, 0.15) is 11.5 Å². The minimum Gasteiger partial charge on any atom is -0.508 e. The van der Waals surface area contributed by atoms with E-state index in [-0.39, 0.29) is 11.7 Å². The number of phenolic OH excluding ortho intramolecular Hbond substituents is 1. The van der Waals surface area contributed by atoms with Crippen molar-refractivity contribution < 1.29 is 14.6 Å². The minimum atomic E-state index is -0.0878. The molecule has 5 nitrogen and oxygen atoms in total. The van der Waals surface area contributed by atoms with E-state index in [1.54, 1.807) is 6.07 Å². The van der Waals surface area contributed by atoms with Gasteiger partial charge in [0.2, 0.25) is 0 Å². The Hall–Kier alpha value is -2.95. The molecular formula is C21H22N2O3. The maximum Gasteiger partial charge on any atom is 0.257 e. The van der Waals surface area contributed by atoms with Gasteiger partial charge < -0.3 is 19.7 Å². The molecule has 1 aromatic heterocycles. The van der Waals surface area contributed by atoms with E-state index in [1.807, 2.05) is 11.0 Å². The fourth-order valence-electron chi connectivity index (χ4n) is 3.86. The topological polar surface area (TPSA) is 65.6 Å². The summed E-state index contributed by atoms with van der Waals surface area (Å²) in [5, 5.41) is 11.0. The van der Waals surface area contributed by atoms with Crippen molar-refractivity contribution in [3.63, 3.8) is 0 Å². The molecule has 0 unspecified atom stereocenters. The lowest BCUT2D eigenvalue weighted by molar-refractivity contribution is 0.0709. The molecule has 2 N–H and O–H groups in total. The first kappa shape index (κ1) is 16.5. The van der Waals surface area contributed by atoms with Crippen LogP contribution in [-0.4, -0.2) is 41.1 Å². The molecular weight excluding hydrogens is 328 g/mol. The fourth-order valence-corrected chi connectivity index (χ4v) is 3.86. The lowest BCUT2D eigenvalue weighted by Crippen LogP contribution is -2.38. The molecule has 0 spiro atoms. The van der Waals surface area contributed by atoms with Gasteiger partial charge in [0, 0.05) is 30.2 Å². The summed E-state index contributed by atoms with van der Waals surface area (Å²) in [6.07, 6.45) is 3.95. The molecule has 1 aliphatic rings. The van der Waals surface area contributed by atoms with E-state index < -0.39 is 0 Å². The summed E-state index contributed by atoms with van der Waals surface area (Å²) < 4.78 is 5.28. The number of benzene rings is 2. The van der Waals surface area contributed by atoms with Crippen LogP contribution in [-0.2, 0) is 0 Å². The van der Waals surface area contributed by atoms with Crippen molar-refractivity contribution in [2.45, 2.75) is 18.8 Å². The first-order chi connectivity index (χ1) is 12.7. The van der Waals surface area contributed by atoms with Gasteiger partial charge in [-0.05, 0) is 48.6 Å². The number of aromatic hydroxyl groups is 1. The fraction of sp³-hybridized carbons (Fsp3) is 0.286. The number of likely N-dealkylation sites (tertiary alicyclic amines) is 1. The number of H-pyrrole nitrogens is 1. The van der Waals surface area contributed by atoms with Crippen LogP contribution < -0.4 is 4.74 Å². The average Bonchev–Trinajstić information content (AvgIpc) is 3.11. The van der Waals surface area contributed by atoms with E-state index in [0.717, 1.165) is 18.4 Å². The molecule has 1 saturated heterocycles. The number of amides is 1. The molecule has 0 radical (unpaired) electrons. The van der Waals surface area contributed by atoms with Gasteiger partial charge in [-0.1, -0.05) is 18.2 Å². The number of para-hydroxylation sites is 1. The highest BCUT2D eigenvalue weighted by Crippen LogP contribution is 2.34. The van der Waals surface area contributed by atoms with E-state index >= 15 is 0 Å². The maximum atomic E-state index is 12.9. The highest BCUT2D eigenvalue weighted by molar-refractivity contribution is 5.97. The number of ether oxygens (including phenoxy) is 1. The van der Waals surface area contributed by atoms with Gasteiger partial charge in [0.15, 0.2) is 0 Å². The van der Waals surface area contributed by atoms with E-state index in [0.29, 0.717) is 30.3 Å². The van der Waals surface area contributed by atoms with Crippen molar-refractivity contribution in [1.82, 2.24) is 9.88 Å². The summed E-state index contributed by atoms with van der Waals surface area (Å²) in [6.45, 7) is 1.39. The molecule has 134 valence electrons. The number of methoxy groups -OCH3 is 1. The number of nitrogens with zero attached hydrogens (tertiary/aromatic N) is 1. The number of rotatable bonds is 3. The van der Waals surface area contributed by atoms with Gasteiger partial charge >= 0.3 is 0 Å². The van der Waals surface area contributed by atoms with E-state index in [1.165, 1.54) is 30.2 Å². The molecule has 1 amide bonds. The summed E-state index contributed by atoms with van der Waals surface area (Å²) in [5.41, 5.74) is 2.91. The molecule has 26 heavy (non-hydrogen) atoms. The number of hydrogen-bond acceptors (Lipinski definition) is 3. The zero-order valence-electron chi connectivity index (χ0n) is 14.7. The van der Waals surface area contributed by atoms with E-state index in [2.05, 4.69) is 29.4 Å². The Morgan fingerprint density at radius 1 is 1.19 bits per heavy atom. The Labute approximate surface area is 152 Å². The van der Waals surface area contributed by atoms with Crippen molar-refractivity contribution >= 4 is 16.8 Å². The first-order valence-electron chi connectivity index (χ1n) is 8.89. The Morgan fingerprint density at radius 2 is 1.96 bits per heavy atom. The Bertz CT molecular complexity index is 939. The standard InChI is InChI=1S/C21H22N2O3/c1-26-20-7-6-15(24)12-17(20)21(25)23-10-8-14(9-11-23)18-13-22-19-5-3-2-4-16(18)19/h2-7,12-14,22,24H,8-11H2,1H3. The number of phenols is 1. The predicted octanol–water partition coefficient (Wildman–Crippen LogP) is 3.90. The second-order valence-electron chi connectivity index (χ2n) is 6.74. The zero-order chi connectivity index (χ0) is 18.1. The molecule has 1 fully saturated rings. The number of carbonyl (C=O) groups excluding carboxylic acids is 1. The van der Waals surface area contributed by atoms with Gasteiger partial charge in [-0.3, -0.25) is 4.79 Å². The third kappa shape index (κ3) is 2.90. The van der Waals surface area contributed by atoms with Crippen LogP contribution in [0.1, 0.15) is 34.7 Å². The molecule has 3 aromatic rings. The van der Waals surface area contributed by atoms with Gasteiger partial charge in [0.05, 0.1) is 12.7 Å². The van der Waals surface area contributed by atoms with Crippen LogP contribution in [0, 0.1) is 0 Å². The van der Waals surface area contributed by atoms with Crippen molar-refractivity contribution in [1.29, 1.82) is 0 Å². The van der Waals surface area contributed by atoms with Crippen LogP contribution in [0.25, 0.3) is 10.9 Å². The summed E-state index contributed by atoms with van der Waals surface area (Å²) in [5.74, 6) is 0.922. The third-order valence-electron chi connectivity index (χ3n) is 5.26. The lowest BCUT2D eigenvalue weighted by Gasteiger charge is -2.32. The molecule has 2 aromatic carbocycles. The second-order valence-corrected chi connectivity index (χ2v) is 6.74. The summed E-state index contributed by atoms with van der Waals surface area (Å²) >= 11 is 0. The van der Waals surface area contributed by atoms with E-state index in [4.69, 9.17) is 4.74 Å². The predicted molar refractivity (Wildman–Crippen MR) is 101 cm³/mol. The number of nitrogens with one attached hydrogen (secondary N) is 1. The van der Waals surface area contributed by atoms with Gasteiger partial charge in [0.25, 0.3) is 5.91 Å². The smallest absolute Gasteiger partial charge is 0.257 e. The number of piperidine rings is 1. The Morgan fingerprint density at radius 3 is 2.73 bits per heavy atom.